The molecule has 2 unspecified atom stereocenters. The molecule has 1 fully saturated rings. The van der Waals surface area contributed by atoms with Crippen LogP contribution in [0.4, 0.5) is 0 Å². The fourth-order valence-corrected chi connectivity index (χ4v) is 3.21. The highest BCUT2D eigenvalue weighted by molar-refractivity contribution is 6.35. The Balaban J connectivity index is 2.13. The molecular formula is C16H23Cl2N. The third kappa shape index (κ3) is 4.37. The molecule has 0 aliphatic heterocycles. The monoisotopic (exact) mass is 299 g/mol. The van der Waals surface area contributed by atoms with Crippen LogP contribution < -0.4 is 5.32 Å². The first kappa shape index (κ1) is 15.2. The van der Waals surface area contributed by atoms with Gasteiger partial charge in [0.1, 0.15) is 0 Å². The van der Waals surface area contributed by atoms with Gasteiger partial charge in [0.05, 0.1) is 0 Å². The molecule has 0 spiro atoms. The molecule has 1 aromatic rings. The van der Waals surface area contributed by atoms with Crippen LogP contribution in [-0.4, -0.2) is 12.6 Å². The van der Waals surface area contributed by atoms with E-state index in [1.165, 1.54) is 31.2 Å². The first-order valence-electron chi connectivity index (χ1n) is 7.30. The molecule has 1 aliphatic carbocycles. The first-order chi connectivity index (χ1) is 9.11. The van der Waals surface area contributed by atoms with Crippen molar-refractivity contribution in [3.8, 4) is 0 Å². The van der Waals surface area contributed by atoms with Gasteiger partial charge < -0.3 is 5.32 Å². The van der Waals surface area contributed by atoms with Crippen molar-refractivity contribution in [1.29, 1.82) is 0 Å². The van der Waals surface area contributed by atoms with E-state index in [2.05, 4.69) is 25.2 Å². The molecule has 0 aromatic heterocycles. The molecule has 0 bridgehead atoms. The van der Waals surface area contributed by atoms with Gasteiger partial charge in [0.25, 0.3) is 0 Å². The Morgan fingerprint density at radius 3 is 2.63 bits per heavy atom. The van der Waals surface area contributed by atoms with Crippen LogP contribution in [0.15, 0.2) is 18.2 Å². The van der Waals surface area contributed by atoms with Gasteiger partial charge in [-0.05, 0) is 36.5 Å². The normalized spacial score (nSPS) is 18.3. The average Bonchev–Trinajstić information content (AvgIpc) is 3.16. The molecular weight excluding hydrogens is 277 g/mol. The standard InChI is InChI=1S/C16H23Cl2N/c1-3-4-11(2)15(10-19-13-6-7-13)14-8-5-12(17)9-16(14)18/h5,8-9,11,13,15,19H,3-4,6-7,10H2,1-2H3. The van der Waals surface area contributed by atoms with Crippen LogP contribution >= 0.6 is 23.2 Å². The molecule has 1 saturated carbocycles. The third-order valence-corrected chi connectivity index (χ3v) is 4.56. The van der Waals surface area contributed by atoms with E-state index in [0.29, 0.717) is 16.9 Å². The summed E-state index contributed by atoms with van der Waals surface area (Å²) in [4.78, 5) is 0. The Morgan fingerprint density at radius 1 is 1.32 bits per heavy atom. The molecule has 1 N–H and O–H groups in total. The van der Waals surface area contributed by atoms with Crippen molar-refractivity contribution in [2.45, 2.75) is 51.5 Å². The fraction of sp³-hybridized carbons (Fsp3) is 0.625. The maximum atomic E-state index is 6.39. The fourth-order valence-electron chi connectivity index (χ4n) is 2.66. The van der Waals surface area contributed by atoms with Crippen LogP contribution in [0, 0.1) is 5.92 Å². The van der Waals surface area contributed by atoms with Gasteiger partial charge in [-0.15, -0.1) is 0 Å². The van der Waals surface area contributed by atoms with Gasteiger partial charge in [-0.3, -0.25) is 0 Å². The predicted molar refractivity (Wildman–Crippen MR) is 84.3 cm³/mol. The lowest BCUT2D eigenvalue weighted by molar-refractivity contribution is 0.403. The summed E-state index contributed by atoms with van der Waals surface area (Å²) in [6.45, 7) is 5.59. The minimum atomic E-state index is 0.477. The smallest absolute Gasteiger partial charge is 0.0456 e. The Bertz CT molecular complexity index is 415. The number of halogens is 2. The SMILES string of the molecule is CCCC(C)C(CNC1CC1)c1ccc(Cl)cc1Cl. The van der Waals surface area contributed by atoms with Crippen LogP contribution in [0.25, 0.3) is 0 Å². The molecule has 0 saturated heterocycles. The zero-order valence-corrected chi connectivity index (χ0v) is 13.3. The second-order valence-corrected chi connectivity index (χ2v) is 6.56. The van der Waals surface area contributed by atoms with E-state index in [-0.39, 0.29) is 0 Å². The molecule has 2 rings (SSSR count). The van der Waals surface area contributed by atoms with Crippen LogP contribution in [0.3, 0.4) is 0 Å². The van der Waals surface area contributed by atoms with Gasteiger partial charge in [0, 0.05) is 28.5 Å². The quantitative estimate of drug-likeness (QED) is 0.723. The predicted octanol–water partition coefficient (Wildman–Crippen LogP) is 5.27. The summed E-state index contributed by atoms with van der Waals surface area (Å²) >= 11 is 12.4. The van der Waals surface area contributed by atoms with Gasteiger partial charge in [-0.2, -0.15) is 0 Å². The van der Waals surface area contributed by atoms with Gasteiger partial charge in [0.15, 0.2) is 0 Å². The van der Waals surface area contributed by atoms with E-state index in [1.807, 2.05) is 12.1 Å². The van der Waals surface area contributed by atoms with Crippen molar-refractivity contribution in [3.63, 3.8) is 0 Å². The Kier molecular flexibility index (Phi) is 5.56. The highest BCUT2D eigenvalue weighted by atomic mass is 35.5. The summed E-state index contributed by atoms with van der Waals surface area (Å²) in [5.74, 6) is 1.11. The number of rotatable bonds is 7. The van der Waals surface area contributed by atoms with Crippen molar-refractivity contribution in [2.75, 3.05) is 6.54 Å². The zero-order valence-electron chi connectivity index (χ0n) is 11.8. The highest BCUT2D eigenvalue weighted by Crippen LogP contribution is 2.34. The van der Waals surface area contributed by atoms with Crippen molar-refractivity contribution in [2.24, 2.45) is 5.92 Å². The maximum absolute atomic E-state index is 6.39. The summed E-state index contributed by atoms with van der Waals surface area (Å²) < 4.78 is 0. The van der Waals surface area contributed by atoms with Gasteiger partial charge in [-0.25, -0.2) is 0 Å². The lowest BCUT2D eigenvalue weighted by Gasteiger charge is -2.26. The largest absolute Gasteiger partial charge is 0.313 e. The van der Waals surface area contributed by atoms with E-state index in [1.54, 1.807) is 0 Å². The molecule has 1 aliphatic rings. The summed E-state index contributed by atoms with van der Waals surface area (Å²) in [5.41, 5.74) is 1.24. The molecule has 106 valence electrons. The van der Waals surface area contributed by atoms with Crippen LogP contribution in [0.2, 0.25) is 10.0 Å². The second kappa shape index (κ2) is 6.97. The maximum Gasteiger partial charge on any atom is 0.0456 e. The lowest BCUT2D eigenvalue weighted by atomic mass is 9.84. The molecule has 1 nitrogen and oxygen atoms in total. The average molecular weight is 300 g/mol. The van der Waals surface area contributed by atoms with E-state index in [0.717, 1.165) is 17.6 Å². The summed E-state index contributed by atoms with van der Waals surface area (Å²) in [6, 6.07) is 6.64. The summed E-state index contributed by atoms with van der Waals surface area (Å²) in [7, 11) is 0. The minimum absolute atomic E-state index is 0.477. The van der Waals surface area contributed by atoms with E-state index >= 15 is 0 Å². The Labute approximate surface area is 126 Å². The van der Waals surface area contributed by atoms with Crippen LogP contribution in [0.1, 0.15) is 51.0 Å². The molecule has 0 radical (unpaired) electrons. The Morgan fingerprint density at radius 2 is 2.05 bits per heavy atom. The van der Waals surface area contributed by atoms with Crippen molar-refractivity contribution < 1.29 is 0 Å². The van der Waals surface area contributed by atoms with E-state index in [9.17, 15) is 0 Å². The number of benzene rings is 1. The molecule has 3 heteroatoms. The third-order valence-electron chi connectivity index (χ3n) is 4.00. The van der Waals surface area contributed by atoms with Crippen LogP contribution in [0.5, 0.6) is 0 Å². The van der Waals surface area contributed by atoms with Gasteiger partial charge in [-0.1, -0.05) is 56.0 Å². The summed E-state index contributed by atoms with van der Waals surface area (Å²) in [6.07, 6.45) is 5.09. The number of hydrogen-bond acceptors (Lipinski definition) is 1. The lowest BCUT2D eigenvalue weighted by Crippen LogP contribution is -2.27. The van der Waals surface area contributed by atoms with E-state index in [4.69, 9.17) is 23.2 Å². The summed E-state index contributed by atoms with van der Waals surface area (Å²) in [5, 5.41) is 5.16. The van der Waals surface area contributed by atoms with E-state index < -0.39 is 0 Å². The van der Waals surface area contributed by atoms with Gasteiger partial charge in [0.2, 0.25) is 0 Å². The van der Waals surface area contributed by atoms with Crippen molar-refractivity contribution in [1.82, 2.24) is 5.32 Å². The topological polar surface area (TPSA) is 12.0 Å². The molecule has 2 atom stereocenters. The molecule has 19 heavy (non-hydrogen) atoms. The second-order valence-electron chi connectivity index (χ2n) is 5.72. The molecule has 0 amide bonds. The Hall–Kier alpha value is -0.240. The highest BCUT2D eigenvalue weighted by Gasteiger charge is 2.26. The molecule has 1 aromatic carbocycles. The molecule has 0 heterocycles. The van der Waals surface area contributed by atoms with Crippen molar-refractivity contribution >= 4 is 23.2 Å². The number of nitrogens with one attached hydrogen (secondary N) is 1. The zero-order chi connectivity index (χ0) is 13.8. The number of hydrogen-bond donors (Lipinski definition) is 1. The van der Waals surface area contributed by atoms with Gasteiger partial charge >= 0.3 is 0 Å². The minimum Gasteiger partial charge on any atom is -0.313 e. The van der Waals surface area contributed by atoms with Crippen molar-refractivity contribution in [3.05, 3.63) is 33.8 Å². The van der Waals surface area contributed by atoms with Crippen LogP contribution in [-0.2, 0) is 0 Å². The first-order valence-corrected chi connectivity index (χ1v) is 8.05.